The Morgan fingerprint density at radius 2 is 1.75 bits per heavy atom. The molecule has 10 nitrogen and oxygen atoms in total. The normalized spacial score (nSPS) is 10.6. The molecule has 0 saturated heterocycles. The third kappa shape index (κ3) is 4.75. The standard InChI is InChI=1S/C22H23N7O3/c1-30-16-7-4-14(5-8-16)10-11-23-20-13-18(24-22(25-20)32-3)15-6-9-19(31-2)17(12-15)21-26-28-29-27-21/h4-9,12-13H,10-11H2,1-3H3,(H,23,24,25)(H,26,27,28,29). The number of methoxy groups -OCH3 is 3. The van der Waals surface area contributed by atoms with Crippen LogP contribution in [0.25, 0.3) is 22.6 Å². The van der Waals surface area contributed by atoms with Gasteiger partial charge in [0, 0.05) is 18.2 Å². The van der Waals surface area contributed by atoms with Crippen molar-refractivity contribution in [3.63, 3.8) is 0 Å². The minimum absolute atomic E-state index is 0.270. The molecule has 4 aromatic rings. The highest BCUT2D eigenvalue weighted by Gasteiger charge is 2.14. The molecule has 0 aliphatic heterocycles. The van der Waals surface area contributed by atoms with E-state index in [-0.39, 0.29) is 6.01 Å². The fourth-order valence-electron chi connectivity index (χ4n) is 3.20. The molecule has 0 radical (unpaired) electrons. The van der Waals surface area contributed by atoms with Crippen LogP contribution in [0.5, 0.6) is 17.5 Å². The van der Waals surface area contributed by atoms with Crippen LogP contribution in [0.2, 0.25) is 0 Å². The summed E-state index contributed by atoms with van der Waals surface area (Å²) in [6.45, 7) is 0.697. The van der Waals surface area contributed by atoms with Crippen LogP contribution in [0.3, 0.4) is 0 Å². The number of nitrogens with zero attached hydrogens (tertiary/aromatic N) is 5. The zero-order valence-corrected chi connectivity index (χ0v) is 18.0. The molecule has 0 aliphatic carbocycles. The number of ether oxygens (including phenoxy) is 3. The fourth-order valence-corrected chi connectivity index (χ4v) is 3.20. The minimum Gasteiger partial charge on any atom is -0.497 e. The Kier molecular flexibility index (Phi) is 6.40. The third-order valence-electron chi connectivity index (χ3n) is 4.85. The van der Waals surface area contributed by atoms with Crippen molar-refractivity contribution in [3.8, 4) is 40.2 Å². The monoisotopic (exact) mass is 433 g/mol. The van der Waals surface area contributed by atoms with E-state index in [9.17, 15) is 0 Å². The Hall–Kier alpha value is -4.21. The first-order valence-corrected chi connectivity index (χ1v) is 9.92. The van der Waals surface area contributed by atoms with Gasteiger partial charge in [0.1, 0.15) is 17.3 Å². The lowest BCUT2D eigenvalue weighted by Crippen LogP contribution is -2.08. The molecular formula is C22H23N7O3. The van der Waals surface area contributed by atoms with Gasteiger partial charge in [-0.25, -0.2) is 0 Å². The van der Waals surface area contributed by atoms with Crippen LogP contribution >= 0.6 is 0 Å². The van der Waals surface area contributed by atoms with Gasteiger partial charge < -0.3 is 19.5 Å². The summed E-state index contributed by atoms with van der Waals surface area (Å²) in [5, 5.41) is 17.5. The van der Waals surface area contributed by atoms with Gasteiger partial charge >= 0.3 is 6.01 Å². The summed E-state index contributed by atoms with van der Waals surface area (Å²) >= 11 is 0. The number of aromatic amines is 1. The van der Waals surface area contributed by atoms with Crippen LogP contribution in [-0.4, -0.2) is 58.5 Å². The number of rotatable bonds is 9. The van der Waals surface area contributed by atoms with Crippen LogP contribution in [-0.2, 0) is 6.42 Å². The van der Waals surface area contributed by atoms with Crippen molar-refractivity contribution in [2.75, 3.05) is 33.2 Å². The van der Waals surface area contributed by atoms with Crippen LogP contribution in [0.15, 0.2) is 48.5 Å². The summed E-state index contributed by atoms with van der Waals surface area (Å²) in [6, 6.07) is 15.8. The summed E-state index contributed by atoms with van der Waals surface area (Å²) in [5.41, 5.74) is 3.42. The van der Waals surface area contributed by atoms with Gasteiger partial charge in [-0.2, -0.15) is 15.2 Å². The van der Waals surface area contributed by atoms with Gasteiger partial charge in [-0.3, -0.25) is 0 Å². The number of anilines is 1. The molecule has 32 heavy (non-hydrogen) atoms. The van der Waals surface area contributed by atoms with E-state index in [0.29, 0.717) is 35.2 Å². The van der Waals surface area contributed by atoms with Gasteiger partial charge in [-0.1, -0.05) is 12.1 Å². The molecule has 0 saturated carbocycles. The number of H-pyrrole nitrogens is 1. The van der Waals surface area contributed by atoms with Gasteiger partial charge in [0.2, 0.25) is 5.82 Å². The second kappa shape index (κ2) is 9.73. The fraction of sp³-hybridized carbons (Fsp3) is 0.227. The van der Waals surface area contributed by atoms with Gasteiger partial charge in [0.05, 0.1) is 32.6 Å². The van der Waals surface area contributed by atoms with E-state index >= 15 is 0 Å². The Labute approximate surface area is 185 Å². The van der Waals surface area contributed by atoms with E-state index in [1.54, 1.807) is 21.3 Å². The second-order valence-electron chi connectivity index (χ2n) is 6.80. The number of aromatic nitrogens is 6. The zero-order chi connectivity index (χ0) is 22.3. The SMILES string of the molecule is COc1ccc(CCNc2cc(-c3ccc(OC)c(-c4nn[nH]n4)c3)nc(OC)n2)cc1. The average molecular weight is 433 g/mol. The molecule has 2 N–H and O–H groups in total. The van der Waals surface area contributed by atoms with Crippen molar-refractivity contribution >= 4 is 5.82 Å². The van der Waals surface area contributed by atoms with Crippen LogP contribution in [0, 0.1) is 0 Å². The lowest BCUT2D eigenvalue weighted by atomic mass is 10.1. The van der Waals surface area contributed by atoms with Crippen molar-refractivity contribution in [2.45, 2.75) is 6.42 Å². The van der Waals surface area contributed by atoms with Crippen molar-refractivity contribution < 1.29 is 14.2 Å². The first kappa shape index (κ1) is 21.0. The molecule has 4 rings (SSSR count). The molecule has 2 aromatic heterocycles. The van der Waals surface area contributed by atoms with Crippen LogP contribution in [0.4, 0.5) is 5.82 Å². The molecule has 0 aliphatic rings. The number of nitrogens with one attached hydrogen (secondary N) is 2. The topological polar surface area (TPSA) is 120 Å². The molecular weight excluding hydrogens is 410 g/mol. The first-order valence-electron chi connectivity index (χ1n) is 9.92. The Balaban J connectivity index is 1.56. The van der Waals surface area contributed by atoms with E-state index < -0.39 is 0 Å². The zero-order valence-electron chi connectivity index (χ0n) is 18.0. The maximum atomic E-state index is 5.44. The van der Waals surface area contributed by atoms with Crippen molar-refractivity contribution in [3.05, 3.63) is 54.1 Å². The molecule has 2 aromatic carbocycles. The number of benzene rings is 2. The lowest BCUT2D eigenvalue weighted by Gasteiger charge is -2.11. The lowest BCUT2D eigenvalue weighted by molar-refractivity contribution is 0.381. The summed E-state index contributed by atoms with van der Waals surface area (Å²) < 4.78 is 16.0. The first-order chi connectivity index (χ1) is 15.7. The molecule has 0 atom stereocenters. The highest BCUT2D eigenvalue weighted by Crippen LogP contribution is 2.32. The largest absolute Gasteiger partial charge is 0.497 e. The molecule has 164 valence electrons. The van der Waals surface area contributed by atoms with Gasteiger partial charge in [-0.05, 0) is 47.5 Å². The molecule has 0 unspecified atom stereocenters. The maximum absolute atomic E-state index is 5.44. The highest BCUT2D eigenvalue weighted by atomic mass is 16.5. The Morgan fingerprint density at radius 1 is 0.906 bits per heavy atom. The molecule has 10 heteroatoms. The van der Waals surface area contributed by atoms with E-state index in [0.717, 1.165) is 17.7 Å². The third-order valence-corrected chi connectivity index (χ3v) is 4.85. The van der Waals surface area contributed by atoms with E-state index in [1.807, 2.05) is 48.5 Å². The van der Waals surface area contributed by atoms with Crippen LogP contribution in [0.1, 0.15) is 5.56 Å². The number of tetrazole rings is 1. The molecule has 0 fully saturated rings. The predicted molar refractivity (Wildman–Crippen MR) is 119 cm³/mol. The van der Waals surface area contributed by atoms with E-state index in [1.165, 1.54) is 5.56 Å². The van der Waals surface area contributed by atoms with Crippen LogP contribution < -0.4 is 19.5 Å². The Bertz CT molecular complexity index is 1160. The van der Waals surface area contributed by atoms with Gasteiger partial charge in [-0.15, -0.1) is 10.2 Å². The van der Waals surface area contributed by atoms with Crippen molar-refractivity contribution in [1.29, 1.82) is 0 Å². The summed E-state index contributed by atoms with van der Waals surface area (Å²) in [4.78, 5) is 8.91. The highest BCUT2D eigenvalue weighted by molar-refractivity contribution is 5.73. The molecule has 0 bridgehead atoms. The molecule has 0 amide bonds. The number of hydrogen-bond acceptors (Lipinski definition) is 9. The van der Waals surface area contributed by atoms with E-state index in [4.69, 9.17) is 14.2 Å². The minimum atomic E-state index is 0.270. The number of hydrogen-bond donors (Lipinski definition) is 2. The maximum Gasteiger partial charge on any atom is 0.318 e. The summed E-state index contributed by atoms with van der Waals surface area (Å²) in [6.07, 6.45) is 0.830. The second-order valence-corrected chi connectivity index (χ2v) is 6.80. The van der Waals surface area contributed by atoms with E-state index in [2.05, 4.69) is 35.9 Å². The quantitative estimate of drug-likeness (QED) is 0.410. The van der Waals surface area contributed by atoms with Crippen molar-refractivity contribution in [2.24, 2.45) is 0 Å². The molecule has 0 spiro atoms. The smallest absolute Gasteiger partial charge is 0.318 e. The predicted octanol–water partition coefficient (Wildman–Crippen LogP) is 3.00. The summed E-state index contributed by atoms with van der Waals surface area (Å²) in [5.74, 6) is 2.57. The molecule has 2 heterocycles. The summed E-state index contributed by atoms with van der Waals surface area (Å²) in [7, 11) is 4.79. The van der Waals surface area contributed by atoms with Crippen molar-refractivity contribution in [1.82, 2.24) is 30.6 Å². The average Bonchev–Trinajstić information content (AvgIpc) is 3.39. The Morgan fingerprint density at radius 3 is 2.44 bits per heavy atom. The van der Waals surface area contributed by atoms with Gasteiger partial charge in [0.25, 0.3) is 0 Å². The van der Waals surface area contributed by atoms with Gasteiger partial charge in [0.15, 0.2) is 0 Å².